The Labute approximate surface area is 63.5 Å². The summed E-state index contributed by atoms with van der Waals surface area (Å²) in [7, 11) is 1.57. The Hall–Kier alpha value is 0.0500. The number of hydrogen-bond donors (Lipinski definition) is 1. The van der Waals surface area contributed by atoms with Crippen LogP contribution in [0.4, 0.5) is 0 Å². The summed E-state index contributed by atoms with van der Waals surface area (Å²) in [4.78, 5) is 10.7. The fraction of sp³-hybridized carbons (Fsp3) is 0.800. The minimum atomic E-state index is -0.778. The first-order chi connectivity index (χ1) is 4.08. The molecule has 1 fully saturated rings. The molecule has 0 aromatic rings. The van der Waals surface area contributed by atoms with E-state index in [1.807, 2.05) is 0 Å². The second-order valence-electron chi connectivity index (χ2n) is 2.13. The number of carbonyl (C=O) groups is 1. The fourth-order valence-corrected chi connectivity index (χ4v) is 1.18. The highest BCUT2D eigenvalue weighted by Gasteiger charge is 2.55. The SMILES string of the molecule is CNC(=O)C1CC1(Cl)Cl. The van der Waals surface area contributed by atoms with Gasteiger partial charge < -0.3 is 5.32 Å². The van der Waals surface area contributed by atoms with Gasteiger partial charge in [0.2, 0.25) is 5.91 Å². The third-order valence-electron chi connectivity index (χ3n) is 1.39. The van der Waals surface area contributed by atoms with E-state index in [2.05, 4.69) is 5.32 Å². The molecule has 2 nitrogen and oxygen atoms in total. The highest BCUT2D eigenvalue weighted by Crippen LogP contribution is 2.52. The lowest BCUT2D eigenvalue weighted by Crippen LogP contribution is -2.21. The molecule has 0 radical (unpaired) electrons. The Morgan fingerprint density at radius 3 is 2.33 bits per heavy atom. The van der Waals surface area contributed by atoms with Crippen LogP contribution in [-0.2, 0) is 4.79 Å². The minimum absolute atomic E-state index is 0.0694. The monoisotopic (exact) mass is 167 g/mol. The maximum absolute atomic E-state index is 10.7. The second kappa shape index (κ2) is 2.03. The van der Waals surface area contributed by atoms with Crippen molar-refractivity contribution in [2.75, 3.05) is 7.05 Å². The van der Waals surface area contributed by atoms with Crippen LogP contribution in [0.25, 0.3) is 0 Å². The summed E-state index contributed by atoms with van der Waals surface area (Å²) in [5, 5.41) is 2.47. The van der Waals surface area contributed by atoms with Gasteiger partial charge in [0.15, 0.2) is 0 Å². The number of hydrogen-bond acceptors (Lipinski definition) is 1. The van der Waals surface area contributed by atoms with Crippen molar-refractivity contribution >= 4 is 29.1 Å². The molecular weight excluding hydrogens is 161 g/mol. The highest BCUT2D eigenvalue weighted by atomic mass is 35.5. The van der Waals surface area contributed by atoms with Crippen molar-refractivity contribution in [3.05, 3.63) is 0 Å². The minimum Gasteiger partial charge on any atom is -0.359 e. The van der Waals surface area contributed by atoms with Crippen molar-refractivity contribution in [2.24, 2.45) is 5.92 Å². The molecule has 1 aliphatic rings. The zero-order chi connectivity index (χ0) is 7.07. The summed E-state index contributed by atoms with van der Waals surface area (Å²) in [6.07, 6.45) is 0.579. The van der Waals surface area contributed by atoms with Crippen LogP contribution < -0.4 is 5.32 Å². The molecule has 52 valence electrons. The molecule has 0 saturated heterocycles. The summed E-state index contributed by atoms with van der Waals surface area (Å²) in [5.41, 5.74) is 0. The molecular formula is C5H7Cl2NO. The van der Waals surface area contributed by atoms with Gasteiger partial charge in [-0.25, -0.2) is 0 Å². The molecule has 1 atom stereocenters. The molecule has 0 heterocycles. The molecule has 4 heteroatoms. The molecule has 0 aromatic carbocycles. The predicted molar refractivity (Wildman–Crippen MR) is 36.6 cm³/mol. The van der Waals surface area contributed by atoms with E-state index in [9.17, 15) is 4.79 Å². The number of alkyl halides is 2. The van der Waals surface area contributed by atoms with Gasteiger partial charge in [0.25, 0.3) is 0 Å². The maximum Gasteiger partial charge on any atom is 0.226 e. The number of rotatable bonds is 1. The number of amides is 1. The maximum atomic E-state index is 10.7. The van der Waals surface area contributed by atoms with E-state index >= 15 is 0 Å². The standard InChI is InChI=1S/C5H7Cl2NO/c1-8-4(9)3-2-5(3,6)7/h3H,2H2,1H3,(H,8,9). The van der Waals surface area contributed by atoms with Gasteiger partial charge in [0.1, 0.15) is 4.33 Å². The van der Waals surface area contributed by atoms with E-state index in [1.54, 1.807) is 7.05 Å². The molecule has 0 bridgehead atoms. The quantitative estimate of drug-likeness (QED) is 0.579. The molecule has 1 N–H and O–H groups in total. The topological polar surface area (TPSA) is 29.1 Å². The Bertz CT molecular complexity index is 146. The third kappa shape index (κ3) is 1.30. The van der Waals surface area contributed by atoms with Crippen LogP contribution in [0.2, 0.25) is 0 Å². The summed E-state index contributed by atoms with van der Waals surface area (Å²) >= 11 is 11.2. The van der Waals surface area contributed by atoms with Gasteiger partial charge in [0, 0.05) is 7.05 Å². The van der Waals surface area contributed by atoms with Gasteiger partial charge >= 0.3 is 0 Å². The first kappa shape index (κ1) is 7.16. The summed E-state index contributed by atoms with van der Waals surface area (Å²) in [6, 6.07) is 0. The number of carbonyl (C=O) groups excluding carboxylic acids is 1. The van der Waals surface area contributed by atoms with Crippen LogP contribution in [0.1, 0.15) is 6.42 Å². The fourth-order valence-electron chi connectivity index (χ4n) is 0.672. The molecule has 1 aliphatic carbocycles. The molecule has 1 saturated carbocycles. The number of nitrogens with one attached hydrogen (secondary N) is 1. The van der Waals surface area contributed by atoms with Gasteiger partial charge in [-0.3, -0.25) is 4.79 Å². The molecule has 0 aromatic heterocycles. The van der Waals surface area contributed by atoms with Crippen LogP contribution in [0.5, 0.6) is 0 Å². The van der Waals surface area contributed by atoms with Crippen molar-refractivity contribution in [3.8, 4) is 0 Å². The molecule has 0 aliphatic heterocycles. The predicted octanol–water partition coefficient (Wildman–Crippen LogP) is 0.926. The zero-order valence-electron chi connectivity index (χ0n) is 4.95. The summed E-state index contributed by atoms with van der Waals surface area (Å²) in [6.45, 7) is 0. The van der Waals surface area contributed by atoms with Crippen LogP contribution in [0.15, 0.2) is 0 Å². The van der Waals surface area contributed by atoms with E-state index in [4.69, 9.17) is 23.2 Å². The van der Waals surface area contributed by atoms with Crippen molar-refractivity contribution in [1.29, 1.82) is 0 Å². The zero-order valence-corrected chi connectivity index (χ0v) is 6.46. The highest BCUT2D eigenvalue weighted by molar-refractivity contribution is 6.52. The lowest BCUT2D eigenvalue weighted by molar-refractivity contribution is -0.121. The second-order valence-corrected chi connectivity index (χ2v) is 3.67. The van der Waals surface area contributed by atoms with Gasteiger partial charge in [-0.05, 0) is 6.42 Å². The van der Waals surface area contributed by atoms with Crippen molar-refractivity contribution in [1.82, 2.24) is 5.32 Å². The van der Waals surface area contributed by atoms with Gasteiger partial charge in [-0.15, -0.1) is 23.2 Å². The van der Waals surface area contributed by atoms with Crippen molar-refractivity contribution in [3.63, 3.8) is 0 Å². The average Bonchev–Trinajstić information content (AvgIpc) is 2.38. The average molecular weight is 168 g/mol. The van der Waals surface area contributed by atoms with E-state index in [0.29, 0.717) is 6.42 Å². The van der Waals surface area contributed by atoms with Crippen LogP contribution in [-0.4, -0.2) is 17.3 Å². The summed E-state index contributed by atoms with van der Waals surface area (Å²) < 4.78 is -0.778. The molecule has 1 unspecified atom stereocenters. The Morgan fingerprint density at radius 2 is 2.22 bits per heavy atom. The van der Waals surface area contributed by atoms with Crippen LogP contribution >= 0.6 is 23.2 Å². The number of halogens is 2. The molecule has 1 amide bonds. The lowest BCUT2D eigenvalue weighted by Gasteiger charge is -1.95. The Kier molecular flexibility index (Phi) is 1.61. The van der Waals surface area contributed by atoms with E-state index in [-0.39, 0.29) is 11.8 Å². The Morgan fingerprint density at radius 1 is 1.78 bits per heavy atom. The largest absolute Gasteiger partial charge is 0.359 e. The lowest BCUT2D eigenvalue weighted by atomic mass is 10.4. The first-order valence-corrected chi connectivity index (χ1v) is 3.43. The van der Waals surface area contributed by atoms with Crippen molar-refractivity contribution < 1.29 is 4.79 Å². The third-order valence-corrected chi connectivity index (χ3v) is 2.22. The molecule has 9 heavy (non-hydrogen) atoms. The van der Waals surface area contributed by atoms with Gasteiger partial charge in [-0.2, -0.15) is 0 Å². The first-order valence-electron chi connectivity index (χ1n) is 2.67. The smallest absolute Gasteiger partial charge is 0.226 e. The molecule has 1 rings (SSSR count). The van der Waals surface area contributed by atoms with E-state index in [1.165, 1.54) is 0 Å². The van der Waals surface area contributed by atoms with Crippen molar-refractivity contribution in [2.45, 2.75) is 10.8 Å². The van der Waals surface area contributed by atoms with Crippen LogP contribution in [0, 0.1) is 5.92 Å². The van der Waals surface area contributed by atoms with E-state index in [0.717, 1.165) is 0 Å². The molecule has 0 spiro atoms. The summed E-state index contributed by atoms with van der Waals surface area (Å²) in [5.74, 6) is -0.258. The van der Waals surface area contributed by atoms with Gasteiger partial charge in [0.05, 0.1) is 5.92 Å². The van der Waals surface area contributed by atoms with Gasteiger partial charge in [-0.1, -0.05) is 0 Å². The normalized spacial score (nSPS) is 29.4. The van der Waals surface area contributed by atoms with Crippen LogP contribution in [0.3, 0.4) is 0 Å². The van der Waals surface area contributed by atoms with E-state index < -0.39 is 4.33 Å². The Balaban J connectivity index is 2.42.